The molecular formula is C15H9ClN4O3. The summed E-state index contributed by atoms with van der Waals surface area (Å²) in [5.41, 5.74) is 2.62. The first kappa shape index (κ1) is 16.1. The van der Waals surface area contributed by atoms with E-state index in [1.165, 1.54) is 36.4 Å². The van der Waals surface area contributed by atoms with E-state index in [0.29, 0.717) is 5.69 Å². The quantitative estimate of drug-likeness (QED) is 0.391. The zero-order valence-electron chi connectivity index (χ0n) is 11.6. The minimum atomic E-state index is -0.618. The van der Waals surface area contributed by atoms with Gasteiger partial charge in [0.15, 0.2) is 0 Å². The van der Waals surface area contributed by atoms with Gasteiger partial charge in [0.2, 0.25) is 11.5 Å². The molecule has 0 spiro atoms. The normalized spacial score (nSPS) is 10.7. The number of non-ortho nitro benzene ring substituents is 1. The molecule has 1 N–H and O–H groups in total. The molecule has 2 aromatic carbocycles. The van der Waals surface area contributed by atoms with Crippen LogP contribution in [0.1, 0.15) is 10.4 Å². The number of carbonyl (C=O) groups excluding carboxylic acids is 1. The average Bonchev–Trinajstić information content (AvgIpc) is 2.56. The van der Waals surface area contributed by atoms with Crippen molar-refractivity contribution >= 4 is 34.5 Å². The average molecular weight is 329 g/mol. The lowest BCUT2D eigenvalue weighted by molar-refractivity contribution is -0.384. The summed E-state index contributed by atoms with van der Waals surface area (Å²) in [5, 5.41) is 23.6. The topological polar surface area (TPSA) is 108 Å². The number of rotatable bonds is 5. The number of hydrazone groups is 1. The first-order valence-electron chi connectivity index (χ1n) is 6.30. The smallest absolute Gasteiger partial charge is 0.269 e. The molecule has 23 heavy (non-hydrogen) atoms. The molecule has 0 aromatic heterocycles. The number of benzene rings is 2. The van der Waals surface area contributed by atoms with Crippen molar-refractivity contribution in [2.75, 3.05) is 5.43 Å². The number of nitro groups is 1. The van der Waals surface area contributed by atoms with E-state index in [0.717, 1.165) is 0 Å². The molecule has 0 bridgehead atoms. The molecule has 2 rings (SSSR count). The molecule has 114 valence electrons. The maximum Gasteiger partial charge on any atom is 0.269 e. The van der Waals surface area contributed by atoms with Gasteiger partial charge in [-0.15, -0.1) is 0 Å². The molecule has 2 aromatic rings. The van der Waals surface area contributed by atoms with Gasteiger partial charge in [0.1, 0.15) is 6.07 Å². The number of Topliss-reactive ketones (excluding diaryl/α,β-unsaturated/α-hetero) is 1. The zero-order valence-corrected chi connectivity index (χ0v) is 12.3. The van der Waals surface area contributed by atoms with Gasteiger partial charge >= 0.3 is 0 Å². The largest absolute Gasteiger partial charge is 0.286 e. The summed E-state index contributed by atoms with van der Waals surface area (Å²) in [5.74, 6) is -0.618. The molecule has 0 amide bonds. The molecule has 0 atom stereocenters. The number of nitrogens with zero attached hydrogens (tertiary/aromatic N) is 3. The molecule has 0 fully saturated rings. The van der Waals surface area contributed by atoms with Gasteiger partial charge in [0.05, 0.1) is 15.6 Å². The SMILES string of the molecule is N#CC(=NNc1ccc([N+](=O)[O-])cc1)C(=O)c1ccccc1Cl. The first-order chi connectivity index (χ1) is 11.0. The van der Waals surface area contributed by atoms with Crippen LogP contribution in [-0.2, 0) is 0 Å². The van der Waals surface area contributed by atoms with Gasteiger partial charge in [-0.1, -0.05) is 23.7 Å². The number of halogens is 1. The van der Waals surface area contributed by atoms with Gasteiger partial charge in [-0.2, -0.15) is 10.4 Å². The van der Waals surface area contributed by atoms with Crippen molar-refractivity contribution in [2.24, 2.45) is 5.10 Å². The van der Waals surface area contributed by atoms with E-state index >= 15 is 0 Å². The molecule has 0 saturated carbocycles. The fraction of sp³-hybridized carbons (Fsp3) is 0. The zero-order chi connectivity index (χ0) is 16.8. The van der Waals surface area contributed by atoms with E-state index in [1.807, 2.05) is 0 Å². The maximum absolute atomic E-state index is 12.2. The number of hydrogen-bond acceptors (Lipinski definition) is 6. The number of nitro benzene ring substituents is 1. The Morgan fingerprint density at radius 2 is 1.87 bits per heavy atom. The minimum Gasteiger partial charge on any atom is -0.286 e. The standard InChI is InChI=1S/C15H9ClN4O3/c16-13-4-2-1-3-12(13)15(21)14(9-17)19-18-10-5-7-11(8-6-10)20(22)23/h1-8,18H. The van der Waals surface area contributed by atoms with Crippen molar-refractivity contribution in [1.29, 1.82) is 5.26 Å². The van der Waals surface area contributed by atoms with Crippen molar-refractivity contribution < 1.29 is 9.72 Å². The van der Waals surface area contributed by atoms with Crippen molar-refractivity contribution in [3.05, 3.63) is 69.2 Å². The molecule has 0 aliphatic rings. The van der Waals surface area contributed by atoms with Crippen molar-refractivity contribution in [3.8, 4) is 6.07 Å². The second-order valence-electron chi connectivity index (χ2n) is 4.30. The molecule has 0 heterocycles. The molecule has 0 aliphatic heterocycles. The first-order valence-corrected chi connectivity index (χ1v) is 6.68. The summed E-state index contributed by atoms with van der Waals surface area (Å²) in [7, 11) is 0. The van der Waals surface area contributed by atoms with Gasteiger partial charge < -0.3 is 0 Å². The predicted molar refractivity (Wildman–Crippen MR) is 85.5 cm³/mol. The minimum absolute atomic E-state index is 0.0767. The third-order valence-electron chi connectivity index (χ3n) is 2.81. The maximum atomic E-state index is 12.2. The van der Waals surface area contributed by atoms with Gasteiger partial charge in [-0.3, -0.25) is 20.3 Å². The Morgan fingerprint density at radius 3 is 2.43 bits per heavy atom. The molecule has 0 radical (unpaired) electrons. The van der Waals surface area contributed by atoms with Gasteiger partial charge in [0, 0.05) is 17.7 Å². The molecule has 8 heteroatoms. The van der Waals surface area contributed by atoms with E-state index in [2.05, 4.69) is 10.5 Å². The highest BCUT2D eigenvalue weighted by Gasteiger charge is 2.16. The Balaban J connectivity index is 2.19. The van der Waals surface area contributed by atoms with Crippen LogP contribution in [0.15, 0.2) is 53.6 Å². The van der Waals surface area contributed by atoms with E-state index in [9.17, 15) is 14.9 Å². The van der Waals surface area contributed by atoms with Gasteiger partial charge in [0.25, 0.3) is 5.69 Å². The Kier molecular flexibility index (Phi) is 5.02. The monoisotopic (exact) mass is 328 g/mol. The van der Waals surface area contributed by atoms with Crippen LogP contribution in [0.2, 0.25) is 5.02 Å². The van der Waals surface area contributed by atoms with E-state index < -0.39 is 10.7 Å². The van der Waals surface area contributed by atoms with Crippen LogP contribution in [0.3, 0.4) is 0 Å². The lowest BCUT2D eigenvalue weighted by Gasteiger charge is -2.03. The van der Waals surface area contributed by atoms with Gasteiger partial charge in [-0.05, 0) is 24.3 Å². The lowest BCUT2D eigenvalue weighted by atomic mass is 10.1. The number of ketones is 1. The third-order valence-corrected chi connectivity index (χ3v) is 3.14. The van der Waals surface area contributed by atoms with Crippen LogP contribution in [-0.4, -0.2) is 16.4 Å². The van der Waals surface area contributed by atoms with Crippen LogP contribution >= 0.6 is 11.6 Å². The van der Waals surface area contributed by atoms with Crippen LogP contribution in [0.5, 0.6) is 0 Å². The van der Waals surface area contributed by atoms with Crippen LogP contribution in [0.25, 0.3) is 0 Å². The van der Waals surface area contributed by atoms with Crippen LogP contribution in [0, 0.1) is 21.4 Å². The Morgan fingerprint density at radius 1 is 1.22 bits per heavy atom. The number of carbonyl (C=O) groups is 1. The summed E-state index contributed by atoms with van der Waals surface area (Å²) in [6.45, 7) is 0. The highest BCUT2D eigenvalue weighted by atomic mass is 35.5. The second kappa shape index (κ2) is 7.15. The van der Waals surface area contributed by atoms with Crippen molar-refractivity contribution in [3.63, 3.8) is 0 Å². The summed E-state index contributed by atoms with van der Waals surface area (Å²) >= 11 is 5.91. The summed E-state index contributed by atoms with van der Waals surface area (Å²) in [6.07, 6.45) is 0. The lowest BCUT2D eigenvalue weighted by Crippen LogP contribution is -2.14. The predicted octanol–water partition coefficient (Wildman–Crippen LogP) is 3.42. The number of nitriles is 1. The fourth-order valence-electron chi connectivity index (χ4n) is 1.68. The summed E-state index contributed by atoms with van der Waals surface area (Å²) in [6, 6.07) is 13.4. The molecule has 0 unspecified atom stereocenters. The number of nitrogens with one attached hydrogen (secondary N) is 1. The fourth-order valence-corrected chi connectivity index (χ4v) is 1.90. The highest BCUT2D eigenvalue weighted by Crippen LogP contribution is 2.17. The van der Waals surface area contributed by atoms with E-state index in [4.69, 9.17) is 16.9 Å². The molecular weight excluding hydrogens is 320 g/mol. The van der Waals surface area contributed by atoms with E-state index in [-0.39, 0.29) is 22.0 Å². The molecule has 0 saturated heterocycles. The highest BCUT2D eigenvalue weighted by molar-refractivity contribution is 6.53. The van der Waals surface area contributed by atoms with Crippen LogP contribution < -0.4 is 5.43 Å². The summed E-state index contributed by atoms with van der Waals surface area (Å²) < 4.78 is 0. The Bertz CT molecular complexity index is 825. The molecule has 7 nitrogen and oxygen atoms in total. The van der Waals surface area contributed by atoms with Crippen molar-refractivity contribution in [2.45, 2.75) is 0 Å². The van der Waals surface area contributed by atoms with E-state index in [1.54, 1.807) is 18.2 Å². The number of hydrogen-bond donors (Lipinski definition) is 1. The molecule has 0 aliphatic carbocycles. The van der Waals surface area contributed by atoms with Crippen LogP contribution in [0.4, 0.5) is 11.4 Å². The Labute approximate surface area is 136 Å². The Hall–Kier alpha value is -3.24. The number of anilines is 1. The van der Waals surface area contributed by atoms with Gasteiger partial charge in [-0.25, -0.2) is 0 Å². The second-order valence-corrected chi connectivity index (χ2v) is 4.70. The third kappa shape index (κ3) is 3.90. The summed E-state index contributed by atoms with van der Waals surface area (Å²) in [4.78, 5) is 22.2. The van der Waals surface area contributed by atoms with Crippen molar-refractivity contribution in [1.82, 2.24) is 0 Å².